The van der Waals surface area contributed by atoms with Crippen molar-refractivity contribution in [3.63, 3.8) is 0 Å². The Balaban J connectivity index is 1.43. The lowest BCUT2D eigenvalue weighted by Gasteiger charge is -2.11. The molecule has 0 saturated heterocycles. The highest BCUT2D eigenvalue weighted by Gasteiger charge is 2.15. The van der Waals surface area contributed by atoms with Crippen molar-refractivity contribution >= 4 is 44.6 Å². The summed E-state index contributed by atoms with van der Waals surface area (Å²) in [7, 11) is -3.77. The summed E-state index contributed by atoms with van der Waals surface area (Å²) < 4.78 is 27.6. The number of sulfonamides is 1. The molecule has 0 radical (unpaired) electrons. The lowest BCUT2D eigenvalue weighted by molar-refractivity contribution is 0.101. The van der Waals surface area contributed by atoms with Gasteiger partial charge in [0.05, 0.1) is 10.5 Å². The molecule has 4 aromatic rings. The van der Waals surface area contributed by atoms with Crippen molar-refractivity contribution in [1.29, 1.82) is 0 Å². The molecule has 0 heterocycles. The van der Waals surface area contributed by atoms with Gasteiger partial charge in [0, 0.05) is 28.3 Å². The zero-order valence-electron chi connectivity index (χ0n) is 18.4. The largest absolute Gasteiger partial charge is 0.398 e. The quantitative estimate of drug-likeness (QED) is 0.284. The molecule has 9 heteroatoms. The highest BCUT2D eigenvalue weighted by atomic mass is 32.2. The minimum absolute atomic E-state index is 0.0595. The molecule has 0 spiro atoms. The third-order valence-corrected chi connectivity index (χ3v) is 6.43. The number of nitrogen functional groups attached to an aromatic ring is 1. The molecule has 8 nitrogen and oxygen atoms in total. The fourth-order valence-corrected chi connectivity index (χ4v) is 4.34. The summed E-state index contributed by atoms with van der Waals surface area (Å²) in [6.45, 7) is 0. The van der Waals surface area contributed by atoms with Crippen molar-refractivity contribution < 1.29 is 18.0 Å². The molecular weight excluding hydrogens is 464 g/mol. The molecule has 0 unspecified atom stereocenters. The first-order chi connectivity index (χ1) is 16.8. The van der Waals surface area contributed by atoms with E-state index in [2.05, 4.69) is 15.4 Å². The van der Waals surface area contributed by atoms with E-state index in [-0.39, 0.29) is 10.8 Å². The minimum Gasteiger partial charge on any atom is -0.398 e. The van der Waals surface area contributed by atoms with Crippen LogP contribution in [-0.2, 0) is 10.0 Å². The van der Waals surface area contributed by atoms with Crippen LogP contribution in [0.4, 0.5) is 22.7 Å². The number of hydrogen-bond acceptors (Lipinski definition) is 5. The molecule has 0 fully saturated rings. The second-order valence-electron chi connectivity index (χ2n) is 7.57. The highest BCUT2D eigenvalue weighted by Crippen LogP contribution is 2.20. The van der Waals surface area contributed by atoms with Gasteiger partial charge < -0.3 is 16.4 Å². The van der Waals surface area contributed by atoms with Gasteiger partial charge >= 0.3 is 0 Å². The second kappa shape index (κ2) is 10.1. The normalized spacial score (nSPS) is 10.9. The van der Waals surface area contributed by atoms with Crippen LogP contribution in [0.15, 0.2) is 108 Å². The molecule has 35 heavy (non-hydrogen) atoms. The lowest BCUT2D eigenvalue weighted by atomic mass is 10.1. The number of benzene rings is 4. The summed E-state index contributed by atoms with van der Waals surface area (Å²) >= 11 is 0. The van der Waals surface area contributed by atoms with Crippen LogP contribution in [0, 0.1) is 0 Å². The van der Waals surface area contributed by atoms with Gasteiger partial charge in [-0.05, 0) is 66.7 Å². The van der Waals surface area contributed by atoms with E-state index < -0.39 is 15.9 Å². The van der Waals surface area contributed by atoms with Gasteiger partial charge in [-0.1, -0.05) is 36.4 Å². The van der Waals surface area contributed by atoms with Crippen molar-refractivity contribution in [2.24, 2.45) is 0 Å². The van der Waals surface area contributed by atoms with Gasteiger partial charge in [-0.25, -0.2) is 8.42 Å². The molecule has 0 aliphatic carbocycles. The van der Waals surface area contributed by atoms with Crippen molar-refractivity contribution in [1.82, 2.24) is 0 Å². The molecule has 0 aliphatic rings. The molecule has 0 aliphatic heterocycles. The first kappa shape index (κ1) is 23.5. The average Bonchev–Trinajstić information content (AvgIpc) is 2.85. The predicted octanol–water partition coefficient (Wildman–Crippen LogP) is 4.57. The van der Waals surface area contributed by atoms with E-state index in [4.69, 9.17) is 5.73 Å². The molecule has 0 aromatic heterocycles. The van der Waals surface area contributed by atoms with Crippen LogP contribution in [0.5, 0.6) is 0 Å². The number of nitrogens with two attached hydrogens (primary N) is 1. The molecular formula is C26H22N4O4S. The molecule has 0 atom stereocenters. The topological polar surface area (TPSA) is 130 Å². The Bertz CT molecular complexity index is 1470. The molecule has 2 amide bonds. The van der Waals surface area contributed by atoms with Crippen LogP contribution >= 0.6 is 0 Å². The van der Waals surface area contributed by atoms with Gasteiger partial charge in [0.25, 0.3) is 21.8 Å². The smallest absolute Gasteiger partial charge is 0.261 e. The number of carbonyl (C=O) groups is 2. The van der Waals surface area contributed by atoms with Crippen LogP contribution in [0.1, 0.15) is 20.7 Å². The number of rotatable bonds is 7. The summed E-state index contributed by atoms with van der Waals surface area (Å²) in [6.07, 6.45) is 0. The Labute approximate surface area is 202 Å². The van der Waals surface area contributed by atoms with Crippen LogP contribution < -0.4 is 21.1 Å². The number of nitrogens with one attached hydrogen (secondary N) is 3. The molecule has 176 valence electrons. The minimum atomic E-state index is -3.77. The Kier molecular flexibility index (Phi) is 6.79. The molecule has 4 aromatic carbocycles. The Morgan fingerprint density at radius 3 is 1.97 bits per heavy atom. The number of carbonyl (C=O) groups excluding carboxylic acids is 2. The van der Waals surface area contributed by atoms with Crippen molar-refractivity contribution in [2.75, 3.05) is 21.1 Å². The van der Waals surface area contributed by atoms with E-state index in [0.29, 0.717) is 33.9 Å². The number of para-hydroxylation sites is 2. The zero-order valence-corrected chi connectivity index (χ0v) is 19.3. The summed E-state index contributed by atoms with van der Waals surface area (Å²) in [5.41, 5.74) is 8.14. The van der Waals surface area contributed by atoms with Crippen LogP contribution in [-0.4, -0.2) is 20.2 Å². The SMILES string of the molecule is Nc1ccccc1C(=O)Nc1cccc(C(=O)Nc2ccc(S(=O)(=O)Nc3ccccc3)cc2)c1. The van der Waals surface area contributed by atoms with E-state index in [1.54, 1.807) is 72.8 Å². The number of anilines is 4. The van der Waals surface area contributed by atoms with E-state index in [0.717, 1.165) is 0 Å². The van der Waals surface area contributed by atoms with Gasteiger partial charge in [0.15, 0.2) is 0 Å². The Hall–Kier alpha value is -4.63. The zero-order chi connectivity index (χ0) is 24.8. The van der Waals surface area contributed by atoms with E-state index >= 15 is 0 Å². The summed E-state index contributed by atoms with van der Waals surface area (Å²) in [4.78, 5) is 25.3. The monoisotopic (exact) mass is 486 g/mol. The highest BCUT2D eigenvalue weighted by molar-refractivity contribution is 7.92. The summed E-state index contributed by atoms with van der Waals surface area (Å²) in [6, 6.07) is 27.5. The van der Waals surface area contributed by atoms with Crippen molar-refractivity contribution in [3.05, 3.63) is 114 Å². The maximum absolute atomic E-state index is 12.7. The first-order valence-electron chi connectivity index (χ1n) is 10.6. The van der Waals surface area contributed by atoms with Crippen molar-refractivity contribution in [3.8, 4) is 0 Å². The third-order valence-electron chi connectivity index (χ3n) is 5.04. The Morgan fingerprint density at radius 2 is 1.26 bits per heavy atom. The fourth-order valence-electron chi connectivity index (χ4n) is 3.28. The van der Waals surface area contributed by atoms with E-state index in [9.17, 15) is 18.0 Å². The van der Waals surface area contributed by atoms with Crippen LogP contribution in [0.25, 0.3) is 0 Å². The lowest BCUT2D eigenvalue weighted by Crippen LogP contribution is -2.16. The van der Waals surface area contributed by atoms with Gasteiger partial charge in [-0.15, -0.1) is 0 Å². The Morgan fingerprint density at radius 1 is 0.629 bits per heavy atom. The van der Waals surface area contributed by atoms with Gasteiger partial charge in [0.1, 0.15) is 0 Å². The van der Waals surface area contributed by atoms with Crippen LogP contribution in [0.3, 0.4) is 0 Å². The van der Waals surface area contributed by atoms with Crippen LogP contribution in [0.2, 0.25) is 0 Å². The van der Waals surface area contributed by atoms with Gasteiger partial charge in [-0.2, -0.15) is 0 Å². The maximum atomic E-state index is 12.7. The standard InChI is InChI=1S/C26H22N4O4S/c27-24-12-5-4-11-23(24)26(32)29-21-10-6-7-18(17-21)25(31)28-19-13-15-22(16-14-19)35(33,34)30-20-8-2-1-3-9-20/h1-17,30H,27H2,(H,28,31)(H,29,32). The third kappa shape index (κ3) is 5.84. The predicted molar refractivity (Wildman–Crippen MR) is 137 cm³/mol. The summed E-state index contributed by atoms with van der Waals surface area (Å²) in [5.74, 6) is -0.806. The van der Waals surface area contributed by atoms with E-state index in [1.165, 1.54) is 30.3 Å². The summed E-state index contributed by atoms with van der Waals surface area (Å²) in [5, 5.41) is 5.45. The van der Waals surface area contributed by atoms with Crippen molar-refractivity contribution in [2.45, 2.75) is 4.90 Å². The van der Waals surface area contributed by atoms with E-state index in [1.807, 2.05) is 0 Å². The number of hydrogen-bond donors (Lipinski definition) is 4. The molecule has 5 N–H and O–H groups in total. The second-order valence-corrected chi connectivity index (χ2v) is 9.25. The maximum Gasteiger partial charge on any atom is 0.261 e. The fraction of sp³-hybridized carbons (Fsp3) is 0. The number of amides is 2. The van der Waals surface area contributed by atoms with Gasteiger partial charge in [-0.3, -0.25) is 14.3 Å². The molecule has 4 rings (SSSR count). The van der Waals surface area contributed by atoms with Gasteiger partial charge in [0.2, 0.25) is 0 Å². The molecule has 0 saturated carbocycles. The molecule has 0 bridgehead atoms. The first-order valence-corrected chi connectivity index (χ1v) is 12.1. The average molecular weight is 487 g/mol.